The van der Waals surface area contributed by atoms with Crippen molar-refractivity contribution in [3.63, 3.8) is 0 Å². The number of hydrogen-bond donors (Lipinski definition) is 1. The summed E-state index contributed by atoms with van der Waals surface area (Å²) in [6.07, 6.45) is 1.55. The van der Waals surface area contributed by atoms with Gasteiger partial charge in [-0.1, -0.05) is 0 Å². The van der Waals surface area contributed by atoms with Crippen LogP contribution < -0.4 is 10.2 Å². The zero-order valence-corrected chi connectivity index (χ0v) is 9.10. The van der Waals surface area contributed by atoms with E-state index in [4.69, 9.17) is 10.00 Å². The predicted molar refractivity (Wildman–Crippen MR) is 59.3 cm³/mol. The fourth-order valence-corrected chi connectivity index (χ4v) is 1.59. The third-order valence-corrected chi connectivity index (χ3v) is 2.42. The Labute approximate surface area is 93.9 Å². The predicted octanol–water partition coefficient (Wildman–Crippen LogP) is 0.227. The Morgan fingerprint density at radius 3 is 2.88 bits per heavy atom. The molecule has 0 atom stereocenters. The van der Waals surface area contributed by atoms with Gasteiger partial charge in [0.2, 0.25) is 5.95 Å². The molecule has 0 spiro atoms. The highest BCUT2D eigenvalue weighted by Gasteiger charge is 2.17. The van der Waals surface area contributed by atoms with Crippen molar-refractivity contribution < 1.29 is 4.74 Å². The molecular formula is C10H13N5O. The first-order chi connectivity index (χ1) is 7.85. The van der Waals surface area contributed by atoms with Gasteiger partial charge in [0.15, 0.2) is 5.82 Å². The third-order valence-electron chi connectivity index (χ3n) is 2.42. The molecule has 1 fully saturated rings. The molecule has 2 heterocycles. The number of morpholine rings is 1. The second kappa shape index (κ2) is 4.77. The lowest BCUT2D eigenvalue weighted by Gasteiger charge is -2.28. The van der Waals surface area contributed by atoms with Crippen molar-refractivity contribution >= 4 is 11.8 Å². The fourth-order valence-electron chi connectivity index (χ4n) is 1.59. The van der Waals surface area contributed by atoms with E-state index in [1.807, 2.05) is 4.90 Å². The highest BCUT2D eigenvalue weighted by Crippen LogP contribution is 2.18. The van der Waals surface area contributed by atoms with Crippen LogP contribution in [0.4, 0.5) is 11.8 Å². The number of nitriles is 1. The highest BCUT2D eigenvalue weighted by atomic mass is 16.5. The molecule has 6 heteroatoms. The van der Waals surface area contributed by atoms with E-state index in [1.54, 1.807) is 13.2 Å². The summed E-state index contributed by atoms with van der Waals surface area (Å²) in [5.41, 5.74) is 0.501. The first-order valence-electron chi connectivity index (χ1n) is 5.12. The molecule has 0 unspecified atom stereocenters. The topological polar surface area (TPSA) is 74.1 Å². The standard InChI is InChI=1S/C10H13N5O/c1-12-10-13-7-8(6-11)9(14-10)15-2-4-16-5-3-15/h7H,2-5H2,1H3,(H,12,13,14). The molecule has 1 N–H and O–H groups in total. The molecule has 0 aromatic carbocycles. The number of rotatable bonds is 2. The Morgan fingerprint density at radius 2 is 2.25 bits per heavy atom. The number of hydrogen-bond acceptors (Lipinski definition) is 6. The van der Waals surface area contributed by atoms with Crippen molar-refractivity contribution in [3.8, 4) is 6.07 Å². The van der Waals surface area contributed by atoms with Gasteiger partial charge in [-0.05, 0) is 0 Å². The summed E-state index contributed by atoms with van der Waals surface area (Å²) in [6, 6.07) is 2.11. The first-order valence-corrected chi connectivity index (χ1v) is 5.12. The number of anilines is 2. The Morgan fingerprint density at radius 1 is 1.50 bits per heavy atom. The summed E-state index contributed by atoms with van der Waals surface area (Å²) in [4.78, 5) is 10.4. The van der Waals surface area contributed by atoms with E-state index in [0.717, 1.165) is 13.1 Å². The highest BCUT2D eigenvalue weighted by molar-refractivity contribution is 5.55. The van der Waals surface area contributed by atoms with Gasteiger partial charge in [-0.2, -0.15) is 10.2 Å². The maximum atomic E-state index is 9.00. The molecule has 2 rings (SSSR count). The number of aromatic nitrogens is 2. The van der Waals surface area contributed by atoms with E-state index in [2.05, 4.69) is 21.4 Å². The molecule has 6 nitrogen and oxygen atoms in total. The van der Waals surface area contributed by atoms with Gasteiger partial charge in [0, 0.05) is 20.1 Å². The normalized spacial score (nSPS) is 15.6. The lowest BCUT2D eigenvalue weighted by Crippen LogP contribution is -2.37. The average Bonchev–Trinajstić information content (AvgIpc) is 2.39. The minimum absolute atomic E-state index is 0.501. The van der Waals surface area contributed by atoms with Crippen LogP contribution in [0.3, 0.4) is 0 Å². The van der Waals surface area contributed by atoms with Gasteiger partial charge < -0.3 is 15.0 Å². The van der Waals surface area contributed by atoms with Gasteiger partial charge in [0.05, 0.1) is 19.4 Å². The molecule has 0 amide bonds. The number of ether oxygens (including phenoxy) is 1. The van der Waals surface area contributed by atoms with Crippen LogP contribution in [0.1, 0.15) is 5.56 Å². The van der Waals surface area contributed by atoms with Crippen LogP contribution >= 0.6 is 0 Å². The summed E-state index contributed by atoms with van der Waals surface area (Å²) in [6.45, 7) is 2.86. The van der Waals surface area contributed by atoms with E-state index >= 15 is 0 Å². The minimum atomic E-state index is 0.501. The molecule has 16 heavy (non-hydrogen) atoms. The van der Waals surface area contributed by atoms with Crippen LogP contribution in [0.15, 0.2) is 6.20 Å². The quantitative estimate of drug-likeness (QED) is 0.767. The Hall–Kier alpha value is -1.87. The van der Waals surface area contributed by atoms with Gasteiger partial charge in [0.25, 0.3) is 0 Å². The zero-order valence-electron chi connectivity index (χ0n) is 9.10. The molecule has 0 aliphatic carbocycles. The fraction of sp³-hybridized carbons (Fsp3) is 0.500. The lowest BCUT2D eigenvalue weighted by atomic mass is 10.3. The van der Waals surface area contributed by atoms with Crippen molar-refractivity contribution in [2.24, 2.45) is 0 Å². The molecule has 1 aromatic rings. The van der Waals surface area contributed by atoms with Gasteiger partial charge >= 0.3 is 0 Å². The maximum Gasteiger partial charge on any atom is 0.224 e. The van der Waals surface area contributed by atoms with E-state index in [9.17, 15) is 0 Å². The summed E-state index contributed by atoms with van der Waals surface area (Å²) in [5, 5.41) is 11.9. The summed E-state index contributed by atoms with van der Waals surface area (Å²) in [5.74, 6) is 1.21. The lowest BCUT2D eigenvalue weighted by molar-refractivity contribution is 0.122. The molecule has 1 aromatic heterocycles. The summed E-state index contributed by atoms with van der Waals surface area (Å²) < 4.78 is 5.27. The Bertz CT molecular complexity index is 408. The SMILES string of the molecule is CNc1ncc(C#N)c(N2CCOCC2)n1. The third kappa shape index (κ3) is 2.04. The van der Waals surface area contributed by atoms with Crippen LogP contribution in [0.25, 0.3) is 0 Å². The molecule has 0 radical (unpaired) electrons. The molecule has 0 bridgehead atoms. The van der Waals surface area contributed by atoms with Crippen molar-refractivity contribution in [3.05, 3.63) is 11.8 Å². The van der Waals surface area contributed by atoms with E-state index < -0.39 is 0 Å². The van der Waals surface area contributed by atoms with E-state index in [0.29, 0.717) is 30.5 Å². The monoisotopic (exact) mass is 219 g/mol. The van der Waals surface area contributed by atoms with E-state index in [1.165, 1.54) is 0 Å². The van der Waals surface area contributed by atoms with Gasteiger partial charge in [-0.3, -0.25) is 0 Å². The summed E-state index contributed by atoms with van der Waals surface area (Å²) in [7, 11) is 1.75. The Balaban J connectivity index is 2.32. The van der Waals surface area contributed by atoms with Crippen LogP contribution in [-0.2, 0) is 4.74 Å². The van der Waals surface area contributed by atoms with Crippen LogP contribution in [0.2, 0.25) is 0 Å². The first kappa shape index (κ1) is 10.6. The maximum absolute atomic E-state index is 9.00. The van der Waals surface area contributed by atoms with Crippen molar-refractivity contribution in [1.82, 2.24) is 9.97 Å². The second-order valence-corrected chi connectivity index (χ2v) is 3.39. The van der Waals surface area contributed by atoms with Crippen LogP contribution in [0.5, 0.6) is 0 Å². The summed E-state index contributed by atoms with van der Waals surface area (Å²) >= 11 is 0. The zero-order chi connectivity index (χ0) is 11.4. The molecule has 1 aliphatic rings. The van der Waals surface area contributed by atoms with Crippen molar-refractivity contribution in [1.29, 1.82) is 5.26 Å². The van der Waals surface area contributed by atoms with Crippen LogP contribution in [-0.4, -0.2) is 43.3 Å². The smallest absolute Gasteiger partial charge is 0.224 e. The van der Waals surface area contributed by atoms with Crippen LogP contribution in [0, 0.1) is 11.3 Å². The minimum Gasteiger partial charge on any atom is -0.378 e. The second-order valence-electron chi connectivity index (χ2n) is 3.39. The van der Waals surface area contributed by atoms with Crippen molar-refractivity contribution in [2.75, 3.05) is 43.6 Å². The van der Waals surface area contributed by atoms with E-state index in [-0.39, 0.29) is 0 Å². The van der Waals surface area contributed by atoms with Crippen molar-refractivity contribution in [2.45, 2.75) is 0 Å². The molecular weight excluding hydrogens is 206 g/mol. The largest absolute Gasteiger partial charge is 0.378 e. The van der Waals surface area contributed by atoms with Gasteiger partial charge in [-0.15, -0.1) is 0 Å². The number of nitrogens with zero attached hydrogens (tertiary/aromatic N) is 4. The molecule has 0 saturated carbocycles. The average molecular weight is 219 g/mol. The number of nitrogens with one attached hydrogen (secondary N) is 1. The van der Waals surface area contributed by atoms with Gasteiger partial charge in [-0.25, -0.2) is 4.98 Å². The Kier molecular flexibility index (Phi) is 3.17. The van der Waals surface area contributed by atoms with Gasteiger partial charge in [0.1, 0.15) is 11.6 Å². The molecule has 84 valence electrons. The molecule has 1 aliphatic heterocycles. The molecule has 1 saturated heterocycles.